The Morgan fingerprint density at radius 2 is 2.09 bits per heavy atom. The number of benzene rings is 1. The number of hydrogen-bond donors (Lipinski definition) is 3. The van der Waals surface area contributed by atoms with E-state index in [9.17, 15) is 0 Å². The lowest BCUT2D eigenvalue weighted by atomic mass is 10.1. The van der Waals surface area contributed by atoms with Crippen LogP contribution in [0, 0.1) is 0 Å². The van der Waals surface area contributed by atoms with Crippen LogP contribution in [0.5, 0.6) is 0 Å². The summed E-state index contributed by atoms with van der Waals surface area (Å²) in [7, 11) is 1.90. The van der Waals surface area contributed by atoms with E-state index < -0.39 is 0 Å². The molecule has 0 bridgehead atoms. The molecule has 120 valence electrons. The number of nitrogens with two attached hydrogens (primary N) is 1. The van der Waals surface area contributed by atoms with Crippen LogP contribution in [0.3, 0.4) is 0 Å². The van der Waals surface area contributed by atoms with Crippen LogP contribution in [0.1, 0.15) is 10.7 Å². The topological polar surface area (TPSA) is 79.1 Å². The Bertz CT molecular complexity index is 762. The molecule has 0 radical (unpaired) electrons. The molecule has 3 aromatic rings. The molecule has 23 heavy (non-hydrogen) atoms. The second-order valence-electron chi connectivity index (χ2n) is 4.80. The van der Waals surface area contributed by atoms with Crippen LogP contribution < -0.4 is 11.1 Å². The zero-order valence-electron chi connectivity index (χ0n) is 12.6. The van der Waals surface area contributed by atoms with Gasteiger partial charge in [0.2, 0.25) is 0 Å². The normalized spacial score (nSPS) is 11.3. The number of H-pyrrole nitrogens is 1. The molecular formula is C16H18ClN5S. The minimum Gasteiger partial charge on any atom is -0.383 e. The number of nitrogens with one attached hydrogen (secondary N) is 2. The third-order valence-electron chi connectivity index (χ3n) is 3.17. The highest BCUT2D eigenvalue weighted by molar-refractivity contribution is 7.12. The van der Waals surface area contributed by atoms with Gasteiger partial charge in [-0.2, -0.15) is 0 Å². The molecule has 1 aromatic carbocycles. The zero-order chi connectivity index (χ0) is 15.4. The fourth-order valence-corrected chi connectivity index (χ4v) is 2.73. The summed E-state index contributed by atoms with van der Waals surface area (Å²) in [5.41, 5.74) is 8.90. The van der Waals surface area contributed by atoms with Gasteiger partial charge in [0.1, 0.15) is 11.7 Å². The molecule has 0 saturated carbocycles. The Morgan fingerprint density at radius 1 is 1.30 bits per heavy atom. The number of rotatable bonds is 5. The lowest BCUT2D eigenvalue weighted by Gasteiger charge is -2.01. The first-order valence-corrected chi connectivity index (χ1v) is 7.81. The number of imidazole rings is 1. The molecule has 0 amide bonds. The average Bonchev–Trinajstić information content (AvgIpc) is 3.20. The maximum atomic E-state index is 5.99. The summed E-state index contributed by atoms with van der Waals surface area (Å²) in [4.78, 5) is 13.0. The van der Waals surface area contributed by atoms with Crippen LogP contribution in [0.2, 0.25) is 0 Å². The van der Waals surface area contributed by atoms with Crippen molar-refractivity contribution in [1.29, 1.82) is 0 Å². The summed E-state index contributed by atoms with van der Waals surface area (Å²) in [6.45, 7) is 0.722. The lowest BCUT2D eigenvalue weighted by molar-refractivity contribution is 0.772. The van der Waals surface area contributed by atoms with Crippen molar-refractivity contribution in [3.8, 4) is 11.3 Å². The highest BCUT2D eigenvalue weighted by Gasteiger charge is 2.04. The van der Waals surface area contributed by atoms with E-state index >= 15 is 0 Å². The average molecular weight is 348 g/mol. The van der Waals surface area contributed by atoms with Crippen molar-refractivity contribution in [3.63, 3.8) is 0 Å². The van der Waals surface area contributed by atoms with E-state index in [1.165, 1.54) is 0 Å². The number of amidine groups is 1. The highest BCUT2D eigenvalue weighted by Crippen LogP contribution is 2.22. The molecule has 7 heteroatoms. The summed E-state index contributed by atoms with van der Waals surface area (Å²) >= 11 is 1.58. The predicted octanol–water partition coefficient (Wildman–Crippen LogP) is 3.32. The van der Waals surface area contributed by atoms with E-state index in [4.69, 9.17) is 5.73 Å². The minimum absolute atomic E-state index is 0. The third-order valence-corrected chi connectivity index (χ3v) is 4.07. The van der Waals surface area contributed by atoms with Gasteiger partial charge >= 0.3 is 0 Å². The van der Waals surface area contributed by atoms with Gasteiger partial charge in [-0.05, 0) is 36.2 Å². The van der Waals surface area contributed by atoms with Gasteiger partial charge in [-0.15, -0.1) is 23.7 Å². The van der Waals surface area contributed by atoms with E-state index in [1.54, 1.807) is 11.3 Å². The van der Waals surface area contributed by atoms with Crippen molar-refractivity contribution in [2.45, 2.75) is 6.54 Å². The van der Waals surface area contributed by atoms with E-state index in [0.717, 1.165) is 34.2 Å². The maximum Gasteiger partial charge on any atom is 0.141 e. The summed E-state index contributed by atoms with van der Waals surface area (Å²) in [5.74, 6) is 1.46. The Kier molecular flexibility index (Phi) is 5.92. The lowest BCUT2D eigenvalue weighted by Crippen LogP contribution is -2.10. The third kappa shape index (κ3) is 4.19. The summed E-state index contributed by atoms with van der Waals surface area (Å²) < 4.78 is 0. The first-order chi connectivity index (χ1) is 10.8. The van der Waals surface area contributed by atoms with E-state index in [1.807, 2.05) is 55.0 Å². The van der Waals surface area contributed by atoms with Crippen molar-refractivity contribution in [2.24, 2.45) is 10.7 Å². The van der Waals surface area contributed by atoms with Gasteiger partial charge in [-0.25, -0.2) is 9.98 Å². The maximum absolute atomic E-state index is 5.99. The number of thiophene rings is 1. The van der Waals surface area contributed by atoms with E-state index in [-0.39, 0.29) is 12.4 Å². The monoisotopic (exact) mass is 347 g/mol. The molecule has 0 aliphatic heterocycles. The standard InChI is InChI=1S/C16H17N5S.ClH/c1-18-10-15-19-9-13(21-15)11-4-6-12(7-5-11)20-16(17)14-3-2-8-22-14;/h2-9,18H,10H2,1H3,(H2,17,20)(H,19,21);1H. The van der Waals surface area contributed by atoms with Crippen LogP contribution in [0.15, 0.2) is 53.0 Å². The molecule has 2 aromatic heterocycles. The fourth-order valence-electron chi connectivity index (χ4n) is 2.10. The van der Waals surface area contributed by atoms with Crippen LogP contribution in [-0.4, -0.2) is 22.9 Å². The Labute approximate surface area is 145 Å². The van der Waals surface area contributed by atoms with Gasteiger partial charge < -0.3 is 16.0 Å². The molecule has 0 atom stereocenters. The molecule has 0 saturated heterocycles. The highest BCUT2D eigenvalue weighted by atomic mass is 35.5. The van der Waals surface area contributed by atoms with Crippen molar-refractivity contribution in [1.82, 2.24) is 15.3 Å². The molecule has 4 N–H and O–H groups in total. The van der Waals surface area contributed by atoms with Crippen LogP contribution in [-0.2, 0) is 6.54 Å². The van der Waals surface area contributed by atoms with Gasteiger partial charge in [0.25, 0.3) is 0 Å². The summed E-state index contributed by atoms with van der Waals surface area (Å²) in [6.07, 6.45) is 1.84. The quantitative estimate of drug-likeness (QED) is 0.489. The molecule has 0 aliphatic carbocycles. The second kappa shape index (κ2) is 7.92. The van der Waals surface area contributed by atoms with Gasteiger partial charge in [-0.3, -0.25) is 0 Å². The van der Waals surface area contributed by atoms with Crippen molar-refractivity contribution < 1.29 is 0 Å². The SMILES string of the molecule is CNCc1ncc(-c2ccc(N=C(N)c3cccs3)cc2)[nH]1.Cl. The number of aromatic amines is 1. The summed E-state index contributed by atoms with van der Waals surface area (Å²) in [5, 5.41) is 5.06. The first kappa shape index (κ1) is 17.2. The minimum atomic E-state index is 0. The number of hydrogen-bond acceptors (Lipinski definition) is 4. The molecule has 5 nitrogen and oxygen atoms in total. The largest absolute Gasteiger partial charge is 0.383 e. The molecule has 0 spiro atoms. The van der Waals surface area contributed by atoms with Gasteiger partial charge in [0.05, 0.1) is 29.0 Å². The molecule has 0 fully saturated rings. The van der Waals surface area contributed by atoms with Crippen LogP contribution >= 0.6 is 23.7 Å². The van der Waals surface area contributed by atoms with Crippen LogP contribution in [0.25, 0.3) is 11.3 Å². The van der Waals surface area contributed by atoms with Gasteiger partial charge in [-0.1, -0.05) is 18.2 Å². The number of halogens is 1. The Morgan fingerprint density at radius 3 is 2.74 bits per heavy atom. The van der Waals surface area contributed by atoms with Gasteiger partial charge in [0.15, 0.2) is 0 Å². The van der Waals surface area contributed by atoms with Crippen molar-refractivity contribution in [2.75, 3.05) is 7.05 Å². The Hall–Kier alpha value is -2.15. The number of aromatic nitrogens is 2. The molecular weight excluding hydrogens is 330 g/mol. The molecule has 2 heterocycles. The van der Waals surface area contributed by atoms with Gasteiger partial charge in [0, 0.05) is 0 Å². The summed E-state index contributed by atoms with van der Waals surface area (Å²) in [6, 6.07) is 11.9. The smallest absolute Gasteiger partial charge is 0.141 e. The molecule has 3 rings (SSSR count). The molecule has 0 aliphatic rings. The number of nitrogens with zero attached hydrogens (tertiary/aromatic N) is 2. The number of aliphatic imine (C=N–C) groups is 1. The molecule has 0 unspecified atom stereocenters. The first-order valence-electron chi connectivity index (χ1n) is 6.93. The van der Waals surface area contributed by atoms with E-state index in [0.29, 0.717) is 5.84 Å². The van der Waals surface area contributed by atoms with Crippen molar-refractivity contribution in [3.05, 3.63) is 58.7 Å². The van der Waals surface area contributed by atoms with Crippen LogP contribution in [0.4, 0.5) is 5.69 Å². The van der Waals surface area contributed by atoms with Crippen molar-refractivity contribution >= 4 is 35.3 Å². The Balaban J connectivity index is 0.00000192. The fraction of sp³-hybridized carbons (Fsp3) is 0.125. The second-order valence-corrected chi connectivity index (χ2v) is 5.74. The van der Waals surface area contributed by atoms with E-state index in [2.05, 4.69) is 20.3 Å². The zero-order valence-corrected chi connectivity index (χ0v) is 14.2. The predicted molar refractivity (Wildman–Crippen MR) is 98.7 cm³/mol.